The normalized spacial score (nSPS) is 9.38. The number of nitrogens with zero attached hydrogens (tertiary/aromatic N) is 1. The number of nitriles is 1. The lowest BCUT2D eigenvalue weighted by molar-refractivity contribution is 0.0598. The quantitative estimate of drug-likeness (QED) is 0.728. The molecule has 0 fully saturated rings. The van der Waals surface area contributed by atoms with Crippen LogP contribution in [-0.4, -0.2) is 20.2 Å². The van der Waals surface area contributed by atoms with E-state index in [1.165, 1.54) is 14.2 Å². The molecule has 84 valence electrons. The molecular weight excluding hydrogens is 206 g/mol. The molecule has 0 N–H and O–H groups in total. The number of methoxy groups -OCH3 is 2. The van der Waals surface area contributed by atoms with Crippen molar-refractivity contribution in [3.8, 4) is 11.8 Å². The molecule has 0 amide bonds. The summed E-state index contributed by atoms with van der Waals surface area (Å²) < 4.78 is 9.83. The minimum atomic E-state index is -0.507. The van der Waals surface area contributed by atoms with Gasteiger partial charge in [-0.1, -0.05) is 6.92 Å². The third kappa shape index (κ3) is 1.98. The Morgan fingerprint density at radius 3 is 2.56 bits per heavy atom. The van der Waals surface area contributed by atoms with Crippen LogP contribution in [0.1, 0.15) is 28.4 Å². The van der Waals surface area contributed by atoms with Gasteiger partial charge in [-0.2, -0.15) is 5.26 Å². The van der Waals surface area contributed by atoms with Gasteiger partial charge in [0.2, 0.25) is 0 Å². The van der Waals surface area contributed by atoms with Crippen molar-refractivity contribution >= 4 is 5.97 Å². The smallest absolute Gasteiger partial charge is 0.339 e. The van der Waals surface area contributed by atoms with E-state index in [1.807, 2.05) is 13.0 Å². The third-order valence-corrected chi connectivity index (χ3v) is 2.35. The maximum atomic E-state index is 11.6. The fourth-order valence-corrected chi connectivity index (χ4v) is 1.60. The predicted molar refractivity (Wildman–Crippen MR) is 58.4 cm³/mol. The van der Waals surface area contributed by atoms with Gasteiger partial charge in [0, 0.05) is 5.56 Å². The summed E-state index contributed by atoms with van der Waals surface area (Å²) in [5.41, 5.74) is 1.31. The summed E-state index contributed by atoms with van der Waals surface area (Å²) in [5.74, 6) is 0.0919. The molecule has 0 aliphatic rings. The molecule has 0 unspecified atom stereocenters. The zero-order chi connectivity index (χ0) is 12.1. The molecule has 0 aliphatic heterocycles. The zero-order valence-corrected chi connectivity index (χ0v) is 9.53. The number of benzene rings is 1. The van der Waals surface area contributed by atoms with E-state index >= 15 is 0 Å². The second-order valence-corrected chi connectivity index (χ2v) is 3.13. The van der Waals surface area contributed by atoms with Crippen molar-refractivity contribution in [3.05, 3.63) is 28.8 Å². The van der Waals surface area contributed by atoms with Crippen LogP contribution >= 0.6 is 0 Å². The maximum Gasteiger partial charge on any atom is 0.339 e. The fourth-order valence-electron chi connectivity index (χ4n) is 1.60. The first-order chi connectivity index (χ1) is 7.69. The molecule has 0 saturated heterocycles. The van der Waals surface area contributed by atoms with Crippen LogP contribution in [0, 0.1) is 11.3 Å². The second kappa shape index (κ2) is 5.17. The first-order valence-corrected chi connectivity index (χ1v) is 4.87. The fraction of sp³-hybridized carbons (Fsp3) is 0.333. The molecule has 16 heavy (non-hydrogen) atoms. The van der Waals surface area contributed by atoms with Crippen molar-refractivity contribution in [1.82, 2.24) is 0 Å². The van der Waals surface area contributed by atoms with E-state index in [0.29, 0.717) is 28.9 Å². The standard InChI is InChI=1S/C12H13NO3/c1-4-9-10(15-2)6-5-8(7-13)11(9)12(14)16-3/h5-6H,4H2,1-3H3. The van der Waals surface area contributed by atoms with Crippen molar-refractivity contribution < 1.29 is 14.3 Å². The summed E-state index contributed by atoms with van der Waals surface area (Å²) in [7, 11) is 2.82. The van der Waals surface area contributed by atoms with Gasteiger partial charge in [-0.3, -0.25) is 0 Å². The SMILES string of the molecule is CCc1c(OC)ccc(C#N)c1C(=O)OC. The van der Waals surface area contributed by atoms with Crippen molar-refractivity contribution in [2.45, 2.75) is 13.3 Å². The molecule has 4 heteroatoms. The second-order valence-electron chi connectivity index (χ2n) is 3.13. The number of hydrogen-bond donors (Lipinski definition) is 0. The molecule has 1 aromatic carbocycles. The van der Waals surface area contributed by atoms with Gasteiger partial charge in [0.25, 0.3) is 0 Å². The molecule has 0 bridgehead atoms. The van der Waals surface area contributed by atoms with Crippen LogP contribution in [-0.2, 0) is 11.2 Å². The minimum Gasteiger partial charge on any atom is -0.496 e. The number of rotatable bonds is 3. The highest BCUT2D eigenvalue weighted by atomic mass is 16.5. The van der Waals surface area contributed by atoms with E-state index < -0.39 is 5.97 Å². The summed E-state index contributed by atoms with van der Waals surface area (Å²) >= 11 is 0. The van der Waals surface area contributed by atoms with Crippen molar-refractivity contribution in [2.75, 3.05) is 14.2 Å². The van der Waals surface area contributed by atoms with Crippen LogP contribution in [0.4, 0.5) is 0 Å². The first-order valence-electron chi connectivity index (χ1n) is 4.87. The van der Waals surface area contributed by atoms with Gasteiger partial charge in [-0.15, -0.1) is 0 Å². The summed E-state index contributed by atoms with van der Waals surface area (Å²) in [5, 5.41) is 8.95. The molecule has 1 aromatic rings. The summed E-state index contributed by atoms with van der Waals surface area (Å²) in [6, 6.07) is 5.22. The summed E-state index contributed by atoms with van der Waals surface area (Å²) in [6.07, 6.45) is 0.600. The van der Waals surface area contributed by atoms with E-state index in [9.17, 15) is 4.79 Å². The van der Waals surface area contributed by atoms with Gasteiger partial charge in [-0.25, -0.2) is 4.79 Å². The monoisotopic (exact) mass is 219 g/mol. The van der Waals surface area contributed by atoms with Gasteiger partial charge in [-0.05, 0) is 18.6 Å². The van der Waals surface area contributed by atoms with Crippen LogP contribution in [0.15, 0.2) is 12.1 Å². The summed E-state index contributed by atoms with van der Waals surface area (Å²) in [6.45, 7) is 1.89. The van der Waals surface area contributed by atoms with Crippen LogP contribution in [0.2, 0.25) is 0 Å². The lowest BCUT2D eigenvalue weighted by Crippen LogP contribution is -2.09. The molecule has 1 rings (SSSR count). The maximum absolute atomic E-state index is 11.6. The first kappa shape index (κ1) is 12.1. The Kier molecular flexibility index (Phi) is 3.90. The number of ether oxygens (including phenoxy) is 2. The summed E-state index contributed by atoms with van der Waals surface area (Å²) in [4.78, 5) is 11.6. The molecule has 0 aliphatic carbocycles. The highest BCUT2D eigenvalue weighted by Crippen LogP contribution is 2.26. The topological polar surface area (TPSA) is 59.3 Å². The largest absolute Gasteiger partial charge is 0.496 e. The molecule has 0 radical (unpaired) electrons. The van der Waals surface area contributed by atoms with Crippen LogP contribution in [0.25, 0.3) is 0 Å². The lowest BCUT2D eigenvalue weighted by atomic mass is 9.99. The lowest BCUT2D eigenvalue weighted by Gasteiger charge is -2.12. The molecule has 4 nitrogen and oxygen atoms in total. The minimum absolute atomic E-state index is 0.298. The third-order valence-electron chi connectivity index (χ3n) is 2.35. The highest BCUT2D eigenvalue weighted by molar-refractivity contribution is 5.94. The molecule has 0 aromatic heterocycles. The molecule has 0 atom stereocenters. The molecule has 0 heterocycles. The van der Waals surface area contributed by atoms with E-state index in [0.717, 1.165) is 0 Å². The van der Waals surface area contributed by atoms with Crippen molar-refractivity contribution in [3.63, 3.8) is 0 Å². The van der Waals surface area contributed by atoms with E-state index in [1.54, 1.807) is 12.1 Å². The van der Waals surface area contributed by atoms with Gasteiger partial charge < -0.3 is 9.47 Å². The number of carbonyl (C=O) groups excluding carboxylic acids is 1. The Balaban J connectivity index is 3.50. The number of esters is 1. The average Bonchev–Trinajstić information content (AvgIpc) is 2.35. The van der Waals surface area contributed by atoms with Gasteiger partial charge in [0.1, 0.15) is 11.8 Å². The van der Waals surface area contributed by atoms with Crippen LogP contribution in [0.5, 0.6) is 5.75 Å². The Bertz CT molecular complexity index is 446. The van der Waals surface area contributed by atoms with Crippen LogP contribution < -0.4 is 4.74 Å². The van der Waals surface area contributed by atoms with Crippen LogP contribution in [0.3, 0.4) is 0 Å². The van der Waals surface area contributed by atoms with Gasteiger partial charge in [0.05, 0.1) is 25.3 Å². The number of carbonyl (C=O) groups is 1. The zero-order valence-electron chi connectivity index (χ0n) is 9.53. The molecule has 0 spiro atoms. The average molecular weight is 219 g/mol. The Morgan fingerprint density at radius 2 is 2.12 bits per heavy atom. The highest BCUT2D eigenvalue weighted by Gasteiger charge is 2.19. The van der Waals surface area contributed by atoms with Crippen molar-refractivity contribution in [2.24, 2.45) is 0 Å². The Hall–Kier alpha value is -2.02. The van der Waals surface area contributed by atoms with Crippen molar-refractivity contribution in [1.29, 1.82) is 5.26 Å². The van der Waals surface area contributed by atoms with Gasteiger partial charge >= 0.3 is 5.97 Å². The Labute approximate surface area is 94.4 Å². The van der Waals surface area contributed by atoms with E-state index in [-0.39, 0.29) is 0 Å². The van der Waals surface area contributed by atoms with E-state index in [2.05, 4.69) is 4.74 Å². The van der Waals surface area contributed by atoms with Gasteiger partial charge in [0.15, 0.2) is 0 Å². The number of hydrogen-bond acceptors (Lipinski definition) is 4. The Morgan fingerprint density at radius 1 is 1.44 bits per heavy atom. The predicted octanol–water partition coefficient (Wildman–Crippen LogP) is 1.92. The molecule has 0 saturated carbocycles. The van der Waals surface area contributed by atoms with E-state index in [4.69, 9.17) is 10.00 Å². The molecular formula is C12H13NO3.